The number of benzene rings is 1. The van der Waals surface area contributed by atoms with E-state index in [1.807, 2.05) is 6.20 Å². The Hall–Kier alpha value is -1.96. The normalized spacial score (nSPS) is 11.5. The van der Waals surface area contributed by atoms with Crippen LogP contribution in [0.25, 0.3) is 10.9 Å². The predicted molar refractivity (Wildman–Crippen MR) is 80.6 cm³/mol. The smallest absolute Gasteiger partial charge is 0.0456 e. The van der Waals surface area contributed by atoms with Gasteiger partial charge in [-0.05, 0) is 54.2 Å². The Kier molecular flexibility index (Phi) is 3.16. The van der Waals surface area contributed by atoms with Crippen molar-refractivity contribution < 1.29 is 0 Å². The first-order valence-electron chi connectivity index (χ1n) is 6.96. The molecule has 0 saturated heterocycles. The van der Waals surface area contributed by atoms with Gasteiger partial charge in [-0.25, -0.2) is 0 Å². The van der Waals surface area contributed by atoms with Crippen LogP contribution in [0.5, 0.6) is 0 Å². The number of aryl methyl sites for hydroxylation is 2. The SMILES string of the molecule is CC(C)c1ccc2[nH]cc(CCc3ccc[nH]3)c2c1. The van der Waals surface area contributed by atoms with E-state index in [0.717, 1.165) is 12.8 Å². The molecular formula is C17H20N2. The molecule has 2 nitrogen and oxygen atoms in total. The molecule has 0 fully saturated rings. The summed E-state index contributed by atoms with van der Waals surface area (Å²) in [5, 5.41) is 1.37. The molecule has 2 N–H and O–H groups in total. The molecule has 2 heteroatoms. The molecule has 0 amide bonds. The molecule has 0 unspecified atom stereocenters. The lowest BCUT2D eigenvalue weighted by molar-refractivity contribution is 0.868. The van der Waals surface area contributed by atoms with Crippen molar-refractivity contribution in [1.82, 2.24) is 9.97 Å². The van der Waals surface area contributed by atoms with E-state index in [1.165, 1.54) is 27.7 Å². The molecule has 0 bridgehead atoms. The maximum absolute atomic E-state index is 3.37. The average molecular weight is 252 g/mol. The van der Waals surface area contributed by atoms with Gasteiger partial charge in [-0.3, -0.25) is 0 Å². The Morgan fingerprint density at radius 3 is 2.68 bits per heavy atom. The first-order valence-corrected chi connectivity index (χ1v) is 6.96. The molecule has 2 heterocycles. The van der Waals surface area contributed by atoms with Gasteiger partial charge >= 0.3 is 0 Å². The van der Waals surface area contributed by atoms with Crippen molar-refractivity contribution in [2.75, 3.05) is 0 Å². The Morgan fingerprint density at radius 1 is 1.05 bits per heavy atom. The largest absolute Gasteiger partial charge is 0.365 e. The molecule has 19 heavy (non-hydrogen) atoms. The highest BCUT2D eigenvalue weighted by Gasteiger charge is 2.07. The summed E-state index contributed by atoms with van der Waals surface area (Å²) >= 11 is 0. The van der Waals surface area contributed by atoms with Crippen LogP contribution in [0.4, 0.5) is 0 Å². The van der Waals surface area contributed by atoms with Gasteiger partial charge in [0.2, 0.25) is 0 Å². The quantitative estimate of drug-likeness (QED) is 0.689. The van der Waals surface area contributed by atoms with Gasteiger partial charge in [0.05, 0.1) is 0 Å². The molecule has 0 aliphatic rings. The summed E-state index contributed by atoms with van der Waals surface area (Å²) in [5.74, 6) is 0.579. The van der Waals surface area contributed by atoms with E-state index in [-0.39, 0.29) is 0 Å². The molecule has 0 atom stereocenters. The van der Waals surface area contributed by atoms with Crippen LogP contribution < -0.4 is 0 Å². The van der Waals surface area contributed by atoms with Crippen molar-refractivity contribution in [3.63, 3.8) is 0 Å². The first-order chi connectivity index (χ1) is 9.24. The number of hydrogen-bond acceptors (Lipinski definition) is 0. The molecule has 0 aliphatic heterocycles. The van der Waals surface area contributed by atoms with Crippen LogP contribution in [-0.4, -0.2) is 9.97 Å². The van der Waals surface area contributed by atoms with Gasteiger partial charge in [0, 0.05) is 29.0 Å². The number of rotatable bonds is 4. The third-order valence-corrected chi connectivity index (χ3v) is 3.78. The van der Waals surface area contributed by atoms with E-state index in [4.69, 9.17) is 0 Å². The van der Waals surface area contributed by atoms with E-state index < -0.39 is 0 Å². The standard InChI is InChI=1S/C17H20N2/c1-12(2)13-6-8-17-16(10-13)14(11-19-17)5-7-15-4-3-9-18-15/h3-4,6,8-12,18-19H,5,7H2,1-2H3. The second-order valence-electron chi connectivity index (χ2n) is 5.47. The van der Waals surface area contributed by atoms with Crippen molar-refractivity contribution in [3.05, 3.63) is 59.5 Å². The van der Waals surface area contributed by atoms with Gasteiger partial charge < -0.3 is 9.97 Å². The molecule has 0 saturated carbocycles. The first kappa shape index (κ1) is 12.1. The van der Waals surface area contributed by atoms with Crippen LogP contribution in [0.15, 0.2) is 42.7 Å². The highest BCUT2D eigenvalue weighted by atomic mass is 14.7. The molecule has 98 valence electrons. The van der Waals surface area contributed by atoms with Crippen molar-refractivity contribution in [2.24, 2.45) is 0 Å². The second kappa shape index (κ2) is 4.96. The van der Waals surface area contributed by atoms with E-state index in [1.54, 1.807) is 0 Å². The van der Waals surface area contributed by atoms with E-state index in [2.05, 4.69) is 60.3 Å². The summed E-state index contributed by atoms with van der Waals surface area (Å²) < 4.78 is 0. The fraction of sp³-hybridized carbons (Fsp3) is 0.294. The molecule has 3 rings (SSSR count). The van der Waals surface area contributed by atoms with E-state index >= 15 is 0 Å². The molecule has 1 aromatic carbocycles. The van der Waals surface area contributed by atoms with Crippen LogP contribution >= 0.6 is 0 Å². The fourth-order valence-corrected chi connectivity index (χ4v) is 2.55. The van der Waals surface area contributed by atoms with Crippen LogP contribution in [0, 0.1) is 0 Å². The topological polar surface area (TPSA) is 31.6 Å². The molecule has 0 radical (unpaired) electrons. The zero-order valence-electron chi connectivity index (χ0n) is 11.5. The van der Waals surface area contributed by atoms with E-state index in [0.29, 0.717) is 5.92 Å². The van der Waals surface area contributed by atoms with Crippen LogP contribution in [0.3, 0.4) is 0 Å². The van der Waals surface area contributed by atoms with Gasteiger partial charge in [-0.15, -0.1) is 0 Å². The summed E-state index contributed by atoms with van der Waals surface area (Å²) in [6.45, 7) is 4.48. The van der Waals surface area contributed by atoms with Gasteiger partial charge in [-0.2, -0.15) is 0 Å². The molecule has 3 aromatic rings. The lowest BCUT2D eigenvalue weighted by atomic mass is 9.99. The molecule has 0 spiro atoms. The summed E-state index contributed by atoms with van der Waals surface area (Å²) in [5.41, 5.74) is 5.36. The average Bonchev–Trinajstić information content (AvgIpc) is 3.05. The lowest BCUT2D eigenvalue weighted by Gasteiger charge is -2.06. The monoisotopic (exact) mass is 252 g/mol. The minimum Gasteiger partial charge on any atom is -0.365 e. The number of fused-ring (bicyclic) bond motifs is 1. The number of aromatic nitrogens is 2. The Labute approximate surface area is 113 Å². The molecule has 0 aliphatic carbocycles. The summed E-state index contributed by atoms with van der Waals surface area (Å²) in [6, 6.07) is 11.0. The number of nitrogens with one attached hydrogen (secondary N) is 2. The Morgan fingerprint density at radius 2 is 1.95 bits per heavy atom. The third-order valence-electron chi connectivity index (χ3n) is 3.78. The van der Waals surface area contributed by atoms with Crippen LogP contribution in [0.1, 0.15) is 36.6 Å². The van der Waals surface area contributed by atoms with Crippen molar-refractivity contribution >= 4 is 10.9 Å². The van der Waals surface area contributed by atoms with Gasteiger partial charge in [0.15, 0.2) is 0 Å². The number of hydrogen-bond donors (Lipinski definition) is 2. The van der Waals surface area contributed by atoms with Crippen molar-refractivity contribution in [2.45, 2.75) is 32.6 Å². The van der Waals surface area contributed by atoms with Gasteiger partial charge in [-0.1, -0.05) is 19.9 Å². The minimum atomic E-state index is 0.579. The van der Waals surface area contributed by atoms with Gasteiger partial charge in [0.1, 0.15) is 0 Å². The Balaban J connectivity index is 1.88. The number of aromatic amines is 2. The Bertz CT molecular complexity index is 660. The van der Waals surface area contributed by atoms with Crippen LogP contribution in [0.2, 0.25) is 0 Å². The number of H-pyrrole nitrogens is 2. The lowest BCUT2D eigenvalue weighted by Crippen LogP contribution is -1.91. The molecule has 2 aromatic heterocycles. The third kappa shape index (κ3) is 2.43. The second-order valence-corrected chi connectivity index (χ2v) is 5.47. The van der Waals surface area contributed by atoms with E-state index in [9.17, 15) is 0 Å². The van der Waals surface area contributed by atoms with Gasteiger partial charge in [0.25, 0.3) is 0 Å². The minimum absolute atomic E-state index is 0.579. The summed E-state index contributed by atoms with van der Waals surface area (Å²) in [6.07, 6.45) is 6.27. The van der Waals surface area contributed by atoms with Crippen molar-refractivity contribution in [1.29, 1.82) is 0 Å². The van der Waals surface area contributed by atoms with Crippen molar-refractivity contribution in [3.8, 4) is 0 Å². The zero-order valence-corrected chi connectivity index (χ0v) is 11.5. The summed E-state index contributed by atoms with van der Waals surface area (Å²) in [4.78, 5) is 6.64. The maximum atomic E-state index is 3.37. The predicted octanol–water partition coefficient (Wildman–Crippen LogP) is 4.40. The fourth-order valence-electron chi connectivity index (χ4n) is 2.55. The highest BCUT2D eigenvalue weighted by Crippen LogP contribution is 2.24. The zero-order chi connectivity index (χ0) is 13.2. The van der Waals surface area contributed by atoms with Crippen LogP contribution in [-0.2, 0) is 12.8 Å². The highest BCUT2D eigenvalue weighted by molar-refractivity contribution is 5.84. The molecular weight excluding hydrogens is 232 g/mol. The summed E-state index contributed by atoms with van der Waals surface area (Å²) in [7, 11) is 0. The maximum Gasteiger partial charge on any atom is 0.0456 e.